The third-order valence-corrected chi connectivity index (χ3v) is 4.25. The highest BCUT2D eigenvalue weighted by Gasteiger charge is 2.07. The molecule has 2 aromatic heterocycles. The lowest BCUT2D eigenvalue weighted by Crippen LogP contribution is -2.09. The molecule has 110 valence electrons. The highest BCUT2D eigenvalue weighted by molar-refractivity contribution is 7.98. The fraction of sp³-hybridized carbons (Fsp3) is 0.286. The van der Waals surface area contributed by atoms with Crippen molar-refractivity contribution in [3.05, 3.63) is 46.7 Å². The minimum absolute atomic E-state index is 0.335. The SMILES string of the molecule is Cn1c(=O)oc2ccc(CSc3cnn(CCN)c3)cc21. The fourth-order valence-corrected chi connectivity index (χ4v) is 2.93. The molecule has 0 radical (unpaired) electrons. The van der Waals surface area contributed by atoms with Crippen LogP contribution in [0.4, 0.5) is 0 Å². The van der Waals surface area contributed by atoms with E-state index in [-0.39, 0.29) is 5.76 Å². The van der Waals surface area contributed by atoms with Gasteiger partial charge in [-0.25, -0.2) is 4.79 Å². The molecule has 0 aliphatic rings. The van der Waals surface area contributed by atoms with E-state index in [2.05, 4.69) is 5.10 Å². The molecule has 0 bridgehead atoms. The summed E-state index contributed by atoms with van der Waals surface area (Å²) in [6.07, 6.45) is 3.83. The zero-order valence-corrected chi connectivity index (χ0v) is 12.5. The fourth-order valence-electron chi connectivity index (χ4n) is 2.10. The normalized spacial score (nSPS) is 11.3. The van der Waals surface area contributed by atoms with Crippen LogP contribution in [0.15, 0.2) is 44.7 Å². The third kappa shape index (κ3) is 2.88. The number of thioether (sulfide) groups is 1. The second kappa shape index (κ2) is 5.79. The van der Waals surface area contributed by atoms with Crippen molar-refractivity contribution >= 4 is 22.9 Å². The summed E-state index contributed by atoms with van der Waals surface area (Å²) in [5.41, 5.74) is 8.07. The lowest BCUT2D eigenvalue weighted by atomic mass is 10.2. The summed E-state index contributed by atoms with van der Waals surface area (Å²) >= 11 is 1.70. The number of rotatable bonds is 5. The molecule has 21 heavy (non-hydrogen) atoms. The van der Waals surface area contributed by atoms with E-state index < -0.39 is 0 Å². The lowest BCUT2D eigenvalue weighted by molar-refractivity contribution is 0.528. The molecule has 2 N–H and O–H groups in total. The highest BCUT2D eigenvalue weighted by atomic mass is 32.2. The van der Waals surface area contributed by atoms with Gasteiger partial charge in [0.25, 0.3) is 0 Å². The van der Waals surface area contributed by atoms with Gasteiger partial charge in [0, 0.05) is 30.4 Å². The first kappa shape index (κ1) is 14.0. The Labute approximate surface area is 125 Å². The van der Waals surface area contributed by atoms with Gasteiger partial charge >= 0.3 is 5.76 Å². The summed E-state index contributed by atoms with van der Waals surface area (Å²) in [7, 11) is 1.71. The third-order valence-electron chi connectivity index (χ3n) is 3.23. The van der Waals surface area contributed by atoms with Crippen molar-refractivity contribution in [3.63, 3.8) is 0 Å². The molecule has 0 aliphatic carbocycles. The predicted octanol–water partition coefficient (Wildman–Crippen LogP) is 1.58. The van der Waals surface area contributed by atoms with E-state index in [1.54, 1.807) is 18.8 Å². The van der Waals surface area contributed by atoms with Crippen LogP contribution in [-0.4, -0.2) is 20.9 Å². The van der Waals surface area contributed by atoms with Crippen molar-refractivity contribution in [2.75, 3.05) is 6.54 Å². The summed E-state index contributed by atoms with van der Waals surface area (Å²) in [6.45, 7) is 1.31. The number of aryl methyl sites for hydroxylation is 1. The van der Waals surface area contributed by atoms with Crippen LogP contribution in [0, 0.1) is 0 Å². The number of nitrogens with zero attached hydrogens (tertiary/aromatic N) is 3. The van der Waals surface area contributed by atoms with Gasteiger partial charge < -0.3 is 10.2 Å². The molecule has 7 heteroatoms. The van der Waals surface area contributed by atoms with Gasteiger partial charge in [-0.3, -0.25) is 9.25 Å². The van der Waals surface area contributed by atoms with Gasteiger partial charge in [0.15, 0.2) is 5.58 Å². The second-order valence-electron chi connectivity index (χ2n) is 4.75. The first-order valence-electron chi connectivity index (χ1n) is 6.61. The molecule has 0 spiro atoms. The molecule has 2 heterocycles. The van der Waals surface area contributed by atoms with Crippen LogP contribution < -0.4 is 11.5 Å². The number of hydrogen-bond acceptors (Lipinski definition) is 5. The predicted molar refractivity (Wildman–Crippen MR) is 82.3 cm³/mol. The Morgan fingerprint density at radius 3 is 3.10 bits per heavy atom. The number of fused-ring (bicyclic) bond motifs is 1. The van der Waals surface area contributed by atoms with Crippen LogP contribution in [0.1, 0.15) is 5.56 Å². The molecule has 0 fully saturated rings. The van der Waals surface area contributed by atoms with Gasteiger partial charge in [-0.05, 0) is 17.7 Å². The number of hydrogen-bond donors (Lipinski definition) is 1. The zero-order chi connectivity index (χ0) is 14.8. The van der Waals surface area contributed by atoms with Crippen molar-refractivity contribution in [1.29, 1.82) is 0 Å². The Kier molecular flexibility index (Phi) is 3.85. The molecule has 0 saturated heterocycles. The van der Waals surface area contributed by atoms with Gasteiger partial charge in [-0.15, -0.1) is 11.8 Å². The second-order valence-corrected chi connectivity index (χ2v) is 5.79. The van der Waals surface area contributed by atoms with E-state index in [9.17, 15) is 4.79 Å². The van der Waals surface area contributed by atoms with Crippen LogP contribution >= 0.6 is 11.8 Å². The van der Waals surface area contributed by atoms with Gasteiger partial charge in [0.05, 0.1) is 18.3 Å². The molecule has 0 saturated carbocycles. The quantitative estimate of drug-likeness (QED) is 0.724. The first-order valence-corrected chi connectivity index (χ1v) is 7.60. The topological polar surface area (TPSA) is 79.0 Å². The molecule has 0 aliphatic heterocycles. The Morgan fingerprint density at radius 2 is 2.29 bits per heavy atom. The lowest BCUT2D eigenvalue weighted by Gasteiger charge is -2.00. The molecule has 0 unspecified atom stereocenters. The van der Waals surface area contributed by atoms with E-state index in [1.807, 2.05) is 35.3 Å². The minimum atomic E-state index is -0.335. The van der Waals surface area contributed by atoms with Crippen molar-refractivity contribution in [2.24, 2.45) is 12.8 Å². The van der Waals surface area contributed by atoms with E-state index in [0.717, 1.165) is 28.3 Å². The highest BCUT2D eigenvalue weighted by Crippen LogP contribution is 2.24. The maximum atomic E-state index is 11.5. The summed E-state index contributed by atoms with van der Waals surface area (Å²) in [5, 5.41) is 4.24. The van der Waals surface area contributed by atoms with Gasteiger partial charge in [0.1, 0.15) is 0 Å². The largest absolute Gasteiger partial charge is 0.419 e. The number of aromatic nitrogens is 3. The first-order chi connectivity index (χ1) is 10.2. The van der Waals surface area contributed by atoms with Gasteiger partial charge in [0.2, 0.25) is 0 Å². The Balaban J connectivity index is 1.75. The average Bonchev–Trinajstić information content (AvgIpc) is 3.03. The smallest absolute Gasteiger partial charge is 0.408 e. The summed E-state index contributed by atoms with van der Waals surface area (Å²) in [5.74, 6) is 0.474. The van der Waals surface area contributed by atoms with Crippen LogP contribution in [0.3, 0.4) is 0 Å². The molecule has 0 atom stereocenters. The monoisotopic (exact) mass is 304 g/mol. The molecule has 0 amide bonds. The number of oxazole rings is 1. The summed E-state index contributed by atoms with van der Waals surface area (Å²) in [4.78, 5) is 12.6. The van der Waals surface area contributed by atoms with E-state index in [1.165, 1.54) is 4.57 Å². The van der Waals surface area contributed by atoms with Gasteiger partial charge in [-0.1, -0.05) is 6.07 Å². The van der Waals surface area contributed by atoms with Crippen molar-refractivity contribution in [1.82, 2.24) is 14.3 Å². The molecule has 3 rings (SSSR count). The van der Waals surface area contributed by atoms with E-state index in [0.29, 0.717) is 12.1 Å². The molecule has 1 aromatic carbocycles. The van der Waals surface area contributed by atoms with Crippen LogP contribution in [0.5, 0.6) is 0 Å². The molecule has 3 aromatic rings. The maximum Gasteiger partial charge on any atom is 0.419 e. The zero-order valence-electron chi connectivity index (χ0n) is 11.7. The average molecular weight is 304 g/mol. The number of benzene rings is 1. The number of nitrogens with two attached hydrogens (primary N) is 1. The Bertz CT molecular complexity index is 818. The minimum Gasteiger partial charge on any atom is -0.408 e. The maximum absolute atomic E-state index is 11.5. The molecular weight excluding hydrogens is 288 g/mol. The summed E-state index contributed by atoms with van der Waals surface area (Å²) in [6, 6.07) is 5.80. The standard InChI is InChI=1S/C14H16N4O2S/c1-17-12-6-10(2-3-13(12)20-14(17)19)9-21-11-7-16-18(8-11)5-4-15/h2-3,6-8H,4-5,9,15H2,1H3. The van der Waals surface area contributed by atoms with Crippen LogP contribution in [0.2, 0.25) is 0 Å². The van der Waals surface area contributed by atoms with E-state index in [4.69, 9.17) is 10.2 Å². The van der Waals surface area contributed by atoms with Crippen molar-refractivity contribution in [3.8, 4) is 0 Å². The van der Waals surface area contributed by atoms with E-state index >= 15 is 0 Å². The van der Waals surface area contributed by atoms with Crippen LogP contribution in [-0.2, 0) is 19.3 Å². The molecule has 6 nitrogen and oxygen atoms in total. The summed E-state index contributed by atoms with van der Waals surface area (Å²) < 4.78 is 8.48. The Morgan fingerprint density at radius 1 is 1.43 bits per heavy atom. The van der Waals surface area contributed by atoms with Gasteiger partial charge in [-0.2, -0.15) is 5.10 Å². The van der Waals surface area contributed by atoms with Crippen LogP contribution in [0.25, 0.3) is 11.1 Å². The van der Waals surface area contributed by atoms with Crippen molar-refractivity contribution < 1.29 is 4.42 Å². The molecular formula is C14H16N4O2S. The Hall–Kier alpha value is -1.99. The van der Waals surface area contributed by atoms with Crippen molar-refractivity contribution in [2.45, 2.75) is 17.2 Å².